The Kier molecular flexibility index (Phi) is 4.63. The van der Waals surface area contributed by atoms with E-state index in [0.717, 1.165) is 11.1 Å². The molecule has 0 unspecified atom stereocenters. The van der Waals surface area contributed by atoms with Crippen molar-refractivity contribution >= 4 is 38.3 Å². The Morgan fingerprint density at radius 3 is 2.62 bits per heavy atom. The van der Waals surface area contributed by atoms with Crippen molar-refractivity contribution in [2.24, 2.45) is 7.05 Å². The lowest BCUT2D eigenvalue weighted by molar-refractivity contribution is -0.120. The van der Waals surface area contributed by atoms with Gasteiger partial charge in [0.1, 0.15) is 11.4 Å². The number of aryl methyl sites for hydroxylation is 1. The number of pyridine rings is 1. The topological polar surface area (TPSA) is 93.5 Å². The monoisotopic (exact) mass is 448 g/mol. The Morgan fingerprint density at radius 1 is 1.06 bits per heavy atom. The highest BCUT2D eigenvalue weighted by molar-refractivity contribution is 7.92. The normalized spacial score (nSPS) is 13.7. The number of carbonyl (C=O) groups is 1. The number of hydrogen-bond donors (Lipinski definition) is 1. The molecule has 1 aliphatic rings. The quantitative estimate of drug-likeness (QED) is 0.517. The molecule has 5 rings (SSSR count). The van der Waals surface area contributed by atoms with E-state index in [4.69, 9.17) is 4.74 Å². The third kappa shape index (κ3) is 3.27. The Balaban J connectivity index is 1.66. The molecule has 1 aliphatic heterocycles. The van der Waals surface area contributed by atoms with Gasteiger partial charge in [0.25, 0.3) is 15.9 Å². The molecule has 0 fully saturated rings. The maximum absolute atomic E-state index is 13.0. The van der Waals surface area contributed by atoms with Gasteiger partial charge < -0.3 is 14.2 Å². The molecule has 162 valence electrons. The predicted octanol–water partition coefficient (Wildman–Crippen LogP) is 3.40. The lowest BCUT2D eigenvalue weighted by Gasteiger charge is -2.26. The van der Waals surface area contributed by atoms with E-state index >= 15 is 0 Å². The average Bonchev–Trinajstić information content (AvgIpc) is 3.14. The van der Waals surface area contributed by atoms with Gasteiger partial charge in [-0.1, -0.05) is 24.3 Å². The SMILES string of the molecule is CN1C(=O)COc2ccc(-c3cn(C)c4nccc(NS(=O)(=O)c5ccccc5)c34)cc21. The van der Waals surface area contributed by atoms with Gasteiger partial charge in [0.2, 0.25) is 0 Å². The molecule has 0 aliphatic carbocycles. The molecule has 8 nitrogen and oxygen atoms in total. The van der Waals surface area contributed by atoms with Gasteiger partial charge in [-0.2, -0.15) is 0 Å². The molecule has 2 aromatic carbocycles. The molecule has 0 radical (unpaired) electrons. The third-order valence-electron chi connectivity index (χ3n) is 5.51. The maximum atomic E-state index is 13.0. The molecule has 3 heterocycles. The second-order valence-electron chi connectivity index (χ2n) is 7.55. The van der Waals surface area contributed by atoms with Crippen molar-refractivity contribution in [1.82, 2.24) is 9.55 Å². The van der Waals surface area contributed by atoms with Gasteiger partial charge >= 0.3 is 0 Å². The number of nitrogens with one attached hydrogen (secondary N) is 1. The Labute approximate surface area is 185 Å². The van der Waals surface area contributed by atoms with Gasteiger partial charge in [-0.25, -0.2) is 13.4 Å². The summed E-state index contributed by atoms with van der Waals surface area (Å²) in [6.45, 7) is 0.00640. The van der Waals surface area contributed by atoms with Gasteiger partial charge in [0.05, 0.1) is 21.7 Å². The second-order valence-corrected chi connectivity index (χ2v) is 9.24. The fourth-order valence-corrected chi connectivity index (χ4v) is 4.94. The number of carbonyl (C=O) groups excluding carboxylic acids is 1. The van der Waals surface area contributed by atoms with Crippen LogP contribution in [0, 0.1) is 0 Å². The second kappa shape index (κ2) is 7.38. The lowest BCUT2D eigenvalue weighted by Crippen LogP contribution is -2.35. The molecule has 0 saturated heterocycles. The number of fused-ring (bicyclic) bond motifs is 2. The van der Waals surface area contributed by atoms with Gasteiger partial charge in [-0.05, 0) is 35.9 Å². The van der Waals surface area contributed by atoms with E-state index in [1.807, 2.05) is 36.0 Å². The highest BCUT2D eigenvalue weighted by atomic mass is 32.2. The number of benzene rings is 2. The van der Waals surface area contributed by atoms with E-state index in [-0.39, 0.29) is 17.4 Å². The van der Waals surface area contributed by atoms with Crippen molar-refractivity contribution in [2.45, 2.75) is 4.90 Å². The summed E-state index contributed by atoms with van der Waals surface area (Å²) in [5.74, 6) is 0.491. The summed E-state index contributed by atoms with van der Waals surface area (Å²) in [6.07, 6.45) is 3.47. The van der Waals surface area contributed by atoms with Crippen molar-refractivity contribution in [2.75, 3.05) is 23.3 Å². The van der Waals surface area contributed by atoms with E-state index in [9.17, 15) is 13.2 Å². The summed E-state index contributed by atoms with van der Waals surface area (Å²) in [4.78, 5) is 18.3. The molecule has 32 heavy (non-hydrogen) atoms. The number of nitrogens with zero attached hydrogens (tertiary/aromatic N) is 3. The van der Waals surface area contributed by atoms with Crippen LogP contribution in [-0.2, 0) is 21.9 Å². The first-order valence-electron chi connectivity index (χ1n) is 9.91. The van der Waals surface area contributed by atoms with Crippen molar-refractivity contribution in [3.8, 4) is 16.9 Å². The molecule has 1 N–H and O–H groups in total. The Bertz CT molecular complexity index is 1460. The molecule has 1 amide bonds. The van der Waals surface area contributed by atoms with E-state index in [2.05, 4.69) is 9.71 Å². The first-order chi connectivity index (χ1) is 15.3. The van der Waals surface area contributed by atoms with E-state index in [1.54, 1.807) is 54.5 Å². The lowest BCUT2D eigenvalue weighted by atomic mass is 10.0. The molecule has 2 aromatic heterocycles. The number of amides is 1. The van der Waals surface area contributed by atoms with Crippen LogP contribution in [0.4, 0.5) is 11.4 Å². The minimum atomic E-state index is -3.78. The number of likely N-dealkylation sites (N-methyl/N-ethyl adjacent to an activating group) is 1. The summed E-state index contributed by atoms with van der Waals surface area (Å²) < 4.78 is 36.0. The smallest absolute Gasteiger partial charge is 0.264 e. The Hall–Kier alpha value is -3.85. The van der Waals surface area contributed by atoms with Gasteiger partial charge in [-0.15, -0.1) is 0 Å². The van der Waals surface area contributed by atoms with Crippen molar-refractivity contribution in [3.05, 3.63) is 67.0 Å². The van der Waals surface area contributed by atoms with Gasteiger partial charge in [0.15, 0.2) is 6.61 Å². The van der Waals surface area contributed by atoms with Crippen LogP contribution in [0.15, 0.2) is 71.9 Å². The summed E-state index contributed by atoms with van der Waals surface area (Å²) in [5, 5.41) is 0.667. The van der Waals surface area contributed by atoms with Crippen LogP contribution < -0.4 is 14.4 Å². The highest BCUT2D eigenvalue weighted by Gasteiger charge is 2.24. The first kappa shape index (κ1) is 20.1. The fourth-order valence-electron chi connectivity index (χ4n) is 3.85. The van der Waals surface area contributed by atoms with Crippen molar-refractivity contribution in [1.29, 1.82) is 0 Å². The summed E-state index contributed by atoms with van der Waals surface area (Å²) >= 11 is 0. The fraction of sp³-hybridized carbons (Fsp3) is 0.130. The van der Waals surface area contributed by atoms with Crippen molar-refractivity contribution < 1.29 is 17.9 Å². The van der Waals surface area contributed by atoms with E-state index < -0.39 is 10.0 Å². The zero-order valence-corrected chi connectivity index (χ0v) is 18.3. The zero-order valence-electron chi connectivity index (χ0n) is 17.4. The van der Waals surface area contributed by atoms with Crippen LogP contribution in [0.3, 0.4) is 0 Å². The number of ether oxygens (including phenoxy) is 1. The molecule has 0 atom stereocenters. The Morgan fingerprint density at radius 2 is 1.84 bits per heavy atom. The summed E-state index contributed by atoms with van der Waals surface area (Å²) in [5.41, 5.74) is 3.31. The number of aromatic nitrogens is 2. The van der Waals surface area contributed by atoms with E-state index in [0.29, 0.717) is 28.2 Å². The molecular weight excluding hydrogens is 428 g/mol. The molecular formula is C23H20N4O4S. The molecule has 4 aromatic rings. The first-order valence-corrected chi connectivity index (χ1v) is 11.4. The standard InChI is InChI=1S/C23H20N4O4S/c1-26-13-17(15-8-9-20-19(12-15)27(2)21(28)14-31-20)22-18(10-11-24-23(22)26)25-32(29,30)16-6-4-3-5-7-16/h3-13H,14H2,1-2H3,(H,24,25). The number of rotatable bonds is 4. The minimum absolute atomic E-state index is 0.00640. The van der Waals surface area contributed by atoms with Crippen molar-refractivity contribution in [3.63, 3.8) is 0 Å². The van der Waals surface area contributed by atoms with Gasteiger partial charge in [-0.3, -0.25) is 9.52 Å². The number of sulfonamides is 1. The highest BCUT2D eigenvalue weighted by Crippen LogP contribution is 2.40. The number of hydrogen-bond acceptors (Lipinski definition) is 5. The molecule has 0 spiro atoms. The van der Waals surface area contributed by atoms with Crippen LogP contribution in [0.1, 0.15) is 0 Å². The van der Waals surface area contributed by atoms with Crippen LogP contribution in [0.5, 0.6) is 5.75 Å². The largest absolute Gasteiger partial charge is 0.482 e. The summed E-state index contributed by atoms with van der Waals surface area (Å²) in [7, 11) is -0.226. The third-order valence-corrected chi connectivity index (χ3v) is 6.89. The van der Waals surface area contributed by atoms with Crippen LogP contribution >= 0.6 is 0 Å². The van der Waals surface area contributed by atoms with E-state index in [1.165, 1.54) is 0 Å². The maximum Gasteiger partial charge on any atom is 0.264 e. The average molecular weight is 449 g/mol. The zero-order chi connectivity index (χ0) is 22.5. The molecule has 9 heteroatoms. The minimum Gasteiger partial charge on any atom is -0.482 e. The molecule has 0 saturated carbocycles. The van der Waals surface area contributed by atoms with Crippen LogP contribution in [0.2, 0.25) is 0 Å². The number of anilines is 2. The summed E-state index contributed by atoms with van der Waals surface area (Å²) in [6, 6.07) is 15.4. The van der Waals surface area contributed by atoms with Gasteiger partial charge in [0, 0.05) is 32.1 Å². The van der Waals surface area contributed by atoms with Crippen LogP contribution in [-0.4, -0.2) is 37.5 Å². The predicted molar refractivity (Wildman–Crippen MR) is 122 cm³/mol. The van der Waals surface area contributed by atoms with Crippen LogP contribution in [0.25, 0.3) is 22.2 Å². The molecule has 0 bridgehead atoms.